The van der Waals surface area contributed by atoms with Gasteiger partial charge in [-0.3, -0.25) is 0 Å². The van der Waals surface area contributed by atoms with Gasteiger partial charge in [0.25, 0.3) is 0 Å². The molecule has 0 saturated carbocycles. The summed E-state index contributed by atoms with van der Waals surface area (Å²) in [6.45, 7) is 1.98. The fourth-order valence-corrected chi connectivity index (χ4v) is 2.85. The molecule has 1 atom stereocenters. The molecule has 0 bridgehead atoms. The predicted octanol–water partition coefficient (Wildman–Crippen LogP) is 2.39. The second-order valence-corrected chi connectivity index (χ2v) is 6.23. The minimum atomic E-state index is -3.56. The normalized spacial score (nSPS) is 13.6. The third-order valence-corrected chi connectivity index (χ3v) is 4.51. The highest BCUT2D eigenvalue weighted by Crippen LogP contribution is 2.21. The summed E-state index contributed by atoms with van der Waals surface area (Å²) in [5, 5.41) is 0.453. The van der Waals surface area contributed by atoms with Crippen LogP contribution in [-0.4, -0.2) is 28.2 Å². The predicted molar refractivity (Wildman–Crippen MR) is 72.7 cm³/mol. The Morgan fingerprint density at radius 1 is 1.44 bits per heavy atom. The van der Waals surface area contributed by atoms with Gasteiger partial charge in [-0.15, -0.1) is 11.6 Å². The average molecular weight is 312 g/mol. The van der Waals surface area contributed by atoms with E-state index in [2.05, 4.69) is 4.72 Å². The van der Waals surface area contributed by atoms with Crippen LogP contribution in [0.25, 0.3) is 0 Å². The zero-order valence-electron chi connectivity index (χ0n) is 10.1. The van der Waals surface area contributed by atoms with Gasteiger partial charge < -0.3 is 4.74 Å². The number of hydrogen-bond donors (Lipinski definition) is 1. The fourth-order valence-electron chi connectivity index (χ4n) is 1.21. The summed E-state index contributed by atoms with van der Waals surface area (Å²) in [4.78, 5) is 0.144. The summed E-state index contributed by atoms with van der Waals surface area (Å²) in [7, 11) is -2.04. The first-order valence-corrected chi connectivity index (χ1v) is 7.67. The van der Waals surface area contributed by atoms with Crippen LogP contribution in [0.4, 0.5) is 0 Å². The molecule has 1 unspecified atom stereocenters. The third-order valence-electron chi connectivity index (χ3n) is 2.43. The van der Waals surface area contributed by atoms with Gasteiger partial charge in [0.2, 0.25) is 10.0 Å². The van der Waals surface area contributed by atoms with Crippen LogP contribution in [0.1, 0.15) is 12.5 Å². The Bertz CT molecular complexity index is 505. The Labute approximate surface area is 117 Å². The molecule has 7 heteroatoms. The zero-order valence-corrected chi connectivity index (χ0v) is 12.4. The summed E-state index contributed by atoms with van der Waals surface area (Å²) >= 11 is 11.6. The number of methoxy groups -OCH3 is 1. The van der Waals surface area contributed by atoms with Gasteiger partial charge in [-0.05, 0) is 30.7 Å². The maximum Gasteiger partial charge on any atom is 0.240 e. The summed E-state index contributed by atoms with van der Waals surface area (Å²) in [6.07, 6.45) is -0.195. The van der Waals surface area contributed by atoms with E-state index >= 15 is 0 Å². The molecule has 0 amide bonds. The van der Waals surface area contributed by atoms with E-state index in [4.69, 9.17) is 27.9 Å². The molecule has 102 valence electrons. The van der Waals surface area contributed by atoms with Crippen molar-refractivity contribution < 1.29 is 13.2 Å². The van der Waals surface area contributed by atoms with Crippen LogP contribution in [-0.2, 0) is 20.6 Å². The van der Waals surface area contributed by atoms with Crippen LogP contribution in [0, 0.1) is 0 Å². The third kappa shape index (κ3) is 4.10. The standard InChI is InChI=1S/C11H15Cl2NO3S/c1-8(17-2)7-14-18(15,16)10-3-4-11(13)9(5-10)6-12/h3-5,8,14H,6-7H2,1-2H3. The van der Waals surface area contributed by atoms with Crippen molar-refractivity contribution in [2.24, 2.45) is 0 Å². The smallest absolute Gasteiger partial charge is 0.240 e. The molecule has 0 radical (unpaired) electrons. The number of benzene rings is 1. The number of rotatable bonds is 6. The molecular weight excluding hydrogens is 297 g/mol. The summed E-state index contributed by atoms with van der Waals surface area (Å²) < 4.78 is 31.4. The van der Waals surface area contributed by atoms with Crippen LogP contribution < -0.4 is 4.72 Å². The van der Waals surface area contributed by atoms with Crippen molar-refractivity contribution >= 4 is 33.2 Å². The van der Waals surface area contributed by atoms with Crippen molar-refractivity contribution in [2.75, 3.05) is 13.7 Å². The zero-order chi connectivity index (χ0) is 13.8. The number of nitrogens with one attached hydrogen (secondary N) is 1. The molecule has 0 aromatic heterocycles. The quantitative estimate of drug-likeness (QED) is 0.821. The summed E-state index contributed by atoms with van der Waals surface area (Å²) in [5.74, 6) is 0.163. The van der Waals surface area contributed by atoms with Crippen molar-refractivity contribution in [2.45, 2.75) is 23.8 Å². The average Bonchev–Trinajstić information content (AvgIpc) is 2.36. The van der Waals surface area contributed by atoms with Crippen molar-refractivity contribution in [1.82, 2.24) is 4.72 Å². The van der Waals surface area contributed by atoms with E-state index in [9.17, 15) is 8.42 Å². The van der Waals surface area contributed by atoms with E-state index in [0.717, 1.165) is 0 Å². The van der Waals surface area contributed by atoms with E-state index < -0.39 is 10.0 Å². The van der Waals surface area contributed by atoms with Crippen molar-refractivity contribution in [1.29, 1.82) is 0 Å². The molecule has 0 aliphatic carbocycles. The SMILES string of the molecule is COC(C)CNS(=O)(=O)c1ccc(Cl)c(CCl)c1. The Kier molecular flexibility index (Phi) is 5.88. The van der Waals surface area contributed by atoms with Crippen molar-refractivity contribution in [3.8, 4) is 0 Å². The first-order valence-electron chi connectivity index (χ1n) is 5.27. The highest BCUT2D eigenvalue weighted by atomic mass is 35.5. The lowest BCUT2D eigenvalue weighted by molar-refractivity contribution is 0.122. The lowest BCUT2D eigenvalue weighted by Crippen LogP contribution is -2.31. The maximum atomic E-state index is 12.0. The van der Waals surface area contributed by atoms with E-state index in [1.165, 1.54) is 25.3 Å². The fraction of sp³-hybridized carbons (Fsp3) is 0.455. The lowest BCUT2D eigenvalue weighted by Gasteiger charge is -2.12. The van der Waals surface area contributed by atoms with Gasteiger partial charge in [0.05, 0.1) is 11.0 Å². The van der Waals surface area contributed by atoms with Crippen LogP contribution in [0.15, 0.2) is 23.1 Å². The topological polar surface area (TPSA) is 55.4 Å². The Balaban J connectivity index is 2.91. The van der Waals surface area contributed by atoms with E-state index in [1.54, 1.807) is 6.92 Å². The molecule has 18 heavy (non-hydrogen) atoms. The molecule has 1 rings (SSSR count). The molecule has 1 N–H and O–H groups in total. The first-order chi connectivity index (χ1) is 8.40. The van der Waals surface area contributed by atoms with E-state index in [-0.39, 0.29) is 23.4 Å². The van der Waals surface area contributed by atoms with Crippen LogP contribution in [0.2, 0.25) is 5.02 Å². The number of halogens is 2. The van der Waals surface area contributed by atoms with Crippen molar-refractivity contribution in [3.05, 3.63) is 28.8 Å². The van der Waals surface area contributed by atoms with Crippen LogP contribution in [0.3, 0.4) is 0 Å². The van der Waals surface area contributed by atoms with Gasteiger partial charge in [0, 0.05) is 24.6 Å². The summed E-state index contributed by atoms with van der Waals surface area (Å²) in [6, 6.07) is 4.43. The molecule has 1 aromatic carbocycles. The lowest BCUT2D eigenvalue weighted by atomic mass is 10.2. The first kappa shape index (κ1) is 15.7. The number of sulfonamides is 1. The van der Waals surface area contributed by atoms with Gasteiger partial charge in [-0.2, -0.15) is 0 Å². The highest BCUT2D eigenvalue weighted by Gasteiger charge is 2.16. The second kappa shape index (κ2) is 6.73. The molecule has 0 saturated heterocycles. The molecule has 1 aromatic rings. The Morgan fingerprint density at radius 3 is 2.67 bits per heavy atom. The molecule has 0 aliphatic rings. The molecule has 0 heterocycles. The number of ether oxygens (including phenoxy) is 1. The monoisotopic (exact) mass is 311 g/mol. The Morgan fingerprint density at radius 2 is 2.11 bits per heavy atom. The van der Waals surface area contributed by atoms with Gasteiger partial charge >= 0.3 is 0 Å². The van der Waals surface area contributed by atoms with E-state index in [0.29, 0.717) is 10.6 Å². The molecule has 0 spiro atoms. The minimum Gasteiger partial charge on any atom is -0.380 e. The van der Waals surface area contributed by atoms with Crippen LogP contribution >= 0.6 is 23.2 Å². The molecule has 0 fully saturated rings. The number of alkyl halides is 1. The number of hydrogen-bond acceptors (Lipinski definition) is 3. The molecule has 4 nitrogen and oxygen atoms in total. The van der Waals surface area contributed by atoms with Crippen LogP contribution in [0.5, 0.6) is 0 Å². The second-order valence-electron chi connectivity index (χ2n) is 3.79. The molecular formula is C11H15Cl2NO3S. The maximum absolute atomic E-state index is 12.0. The van der Waals surface area contributed by atoms with E-state index in [1.807, 2.05) is 0 Å². The molecule has 0 aliphatic heterocycles. The Hall–Kier alpha value is -0.330. The summed E-state index contributed by atoms with van der Waals surface area (Å²) in [5.41, 5.74) is 0.584. The van der Waals surface area contributed by atoms with Gasteiger partial charge in [-0.25, -0.2) is 13.1 Å². The minimum absolute atomic E-state index is 0.144. The van der Waals surface area contributed by atoms with Gasteiger partial charge in [-0.1, -0.05) is 11.6 Å². The van der Waals surface area contributed by atoms with Crippen molar-refractivity contribution in [3.63, 3.8) is 0 Å². The van der Waals surface area contributed by atoms with Gasteiger partial charge in [0.15, 0.2) is 0 Å². The van der Waals surface area contributed by atoms with Gasteiger partial charge in [0.1, 0.15) is 0 Å². The largest absolute Gasteiger partial charge is 0.380 e. The highest BCUT2D eigenvalue weighted by molar-refractivity contribution is 7.89.